The average molecular weight is 839 g/mol. The van der Waals surface area contributed by atoms with Crippen LogP contribution in [-0.2, 0) is 22.9 Å². The Morgan fingerprint density at radius 3 is 1.58 bits per heavy atom. The number of imide groups is 2. The molecule has 0 saturated carbocycles. The van der Waals surface area contributed by atoms with Crippen molar-refractivity contribution in [1.82, 2.24) is 19.8 Å². The third-order valence-corrected chi connectivity index (χ3v) is 11.9. The lowest BCUT2D eigenvalue weighted by Crippen LogP contribution is -2.30. The minimum Gasteiger partial charge on any atom is -0.859 e. The molecule has 3 aromatic carbocycles. The number of nitrogens with zero attached hydrogens (tertiary/aromatic N) is 5. The number of sulfone groups is 1. The molecule has 4 amide bonds. The Morgan fingerprint density at radius 1 is 0.700 bits per heavy atom. The van der Waals surface area contributed by atoms with Gasteiger partial charge in [0.05, 0.1) is 32.7 Å². The number of carbonyl (C=O) groups excluding carboxylic acids is 4. The van der Waals surface area contributed by atoms with E-state index < -0.39 is 31.7 Å². The number of amides is 4. The summed E-state index contributed by atoms with van der Waals surface area (Å²) < 4.78 is 31.5. The zero-order chi connectivity index (χ0) is 42.9. The number of fused-ring (bicyclic) bond motifs is 2. The molecule has 2 aliphatic rings. The summed E-state index contributed by atoms with van der Waals surface area (Å²) in [4.78, 5) is 59.1. The molecule has 298 valence electrons. The number of pyridine rings is 2. The van der Waals surface area contributed by atoms with Crippen molar-refractivity contribution in [2.75, 3.05) is 0 Å². The Hall–Kier alpha value is -7.68. The van der Waals surface area contributed by atoms with Gasteiger partial charge in [0.15, 0.2) is 29.6 Å². The number of benzene rings is 3. The molecule has 15 nitrogen and oxygen atoms in total. The number of aromatic nitrogens is 4. The SMILES string of the molecule is CCn1c([O-])c(C=C(C#N)S(=O)(=O)c2ccccc2)c(=O)n(CC)c1=S.O=C1NC(=O)c2cc(-[n+]3ccc(-c4cc[n+](-c5ccc6c(c5)C(=O)NC6=O)cc4)cc3)ccc21. The second-order valence-electron chi connectivity index (χ2n) is 13.2. The smallest absolute Gasteiger partial charge is 0.260 e. The maximum atomic E-state index is 12.6. The lowest BCUT2D eigenvalue weighted by molar-refractivity contribution is -0.596. The highest BCUT2D eigenvalue weighted by Gasteiger charge is 2.29. The summed E-state index contributed by atoms with van der Waals surface area (Å²) in [6, 6.07) is 27.1. The van der Waals surface area contributed by atoms with Gasteiger partial charge < -0.3 is 9.67 Å². The van der Waals surface area contributed by atoms with Gasteiger partial charge in [-0.1, -0.05) is 18.2 Å². The van der Waals surface area contributed by atoms with Crippen LogP contribution in [0.25, 0.3) is 28.6 Å². The zero-order valence-corrected chi connectivity index (χ0v) is 33.4. The van der Waals surface area contributed by atoms with E-state index in [-0.39, 0.29) is 46.4 Å². The van der Waals surface area contributed by atoms with Crippen LogP contribution >= 0.6 is 12.2 Å². The van der Waals surface area contributed by atoms with Crippen LogP contribution in [0.2, 0.25) is 0 Å². The van der Waals surface area contributed by atoms with Crippen molar-refractivity contribution in [3.05, 3.63) is 164 Å². The van der Waals surface area contributed by atoms with E-state index in [0.717, 1.165) is 28.6 Å². The topological polar surface area (TPSA) is 208 Å². The van der Waals surface area contributed by atoms with E-state index in [1.165, 1.54) is 33.4 Å². The van der Waals surface area contributed by atoms with Crippen molar-refractivity contribution >= 4 is 51.8 Å². The molecule has 0 fully saturated rings. The molecule has 6 aromatic rings. The van der Waals surface area contributed by atoms with Crippen LogP contribution in [0.15, 0.2) is 130 Å². The normalized spacial score (nSPS) is 13.1. The second kappa shape index (κ2) is 16.3. The molecule has 2 aliphatic heterocycles. The van der Waals surface area contributed by atoms with Crippen molar-refractivity contribution in [3.63, 3.8) is 0 Å². The van der Waals surface area contributed by atoms with Crippen LogP contribution in [0.5, 0.6) is 5.88 Å². The molecular weight excluding hydrogens is 807 g/mol. The summed E-state index contributed by atoms with van der Waals surface area (Å²) in [5.41, 5.74) is 3.95. The highest BCUT2D eigenvalue weighted by atomic mass is 32.2. The molecule has 3 aromatic heterocycles. The van der Waals surface area contributed by atoms with Gasteiger partial charge in [0.1, 0.15) is 11.0 Å². The van der Waals surface area contributed by atoms with Crippen LogP contribution in [0, 0.1) is 16.1 Å². The third-order valence-electron chi connectivity index (χ3n) is 9.80. The Bertz CT molecular complexity index is 2980. The van der Waals surface area contributed by atoms with Crippen LogP contribution in [0.4, 0.5) is 0 Å². The van der Waals surface area contributed by atoms with Crippen LogP contribution < -0.4 is 30.4 Å². The van der Waals surface area contributed by atoms with Crippen LogP contribution in [-0.4, -0.2) is 41.2 Å². The largest absolute Gasteiger partial charge is 0.859 e. The summed E-state index contributed by atoms with van der Waals surface area (Å²) in [6.07, 6.45) is 8.40. The Morgan fingerprint density at radius 2 is 1.15 bits per heavy atom. The second-order valence-corrected chi connectivity index (χ2v) is 15.5. The molecule has 0 unspecified atom stereocenters. The summed E-state index contributed by atoms with van der Waals surface area (Å²) >= 11 is 5.14. The van der Waals surface area contributed by atoms with E-state index in [9.17, 15) is 42.8 Å². The fourth-order valence-electron chi connectivity index (χ4n) is 6.63. The van der Waals surface area contributed by atoms with E-state index >= 15 is 0 Å². The highest BCUT2D eigenvalue weighted by Crippen LogP contribution is 2.24. The minimum absolute atomic E-state index is 0.0616. The molecule has 0 spiro atoms. The van der Waals surface area contributed by atoms with Crippen molar-refractivity contribution < 1.29 is 41.8 Å². The lowest BCUT2D eigenvalue weighted by Gasteiger charge is -2.21. The first-order valence-corrected chi connectivity index (χ1v) is 20.2. The van der Waals surface area contributed by atoms with E-state index in [0.29, 0.717) is 22.3 Å². The van der Waals surface area contributed by atoms with E-state index in [2.05, 4.69) is 10.6 Å². The number of hydrogen-bond acceptors (Lipinski definition) is 10. The van der Waals surface area contributed by atoms with Gasteiger partial charge in [-0.25, -0.2) is 8.42 Å². The molecule has 0 radical (unpaired) electrons. The van der Waals surface area contributed by atoms with E-state index in [1.807, 2.05) is 58.2 Å². The fraction of sp³-hybridized carbons (Fsp3) is 0.0930. The predicted octanol–water partition coefficient (Wildman–Crippen LogP) is 3.51. The molecular formula is C43H32N7O8S2+. The fourth-order valence-corrected chi connectivity index (χ4v) is 8.21. The van der Waals surface area contributed by atoms with Gasteiger partial charge in [-0.05, 0) is 73.4 Å². The number of rotatable bonds is 8. The monoisotopic (exact) mass is 838 g/mol. The highest BCUT2D eigenvalue weighted by molar-refractivity contribution is 7.95. The van der Waals surface area contributed by atoms with Crippen LogP contribution in [0.1, 0.15) is 60.8 Å². The number of nitriles is 1. The number of carbonyl (C=O) groups is 4. The molecule has 60 heavy (non-hydrogen) atoms. The quantitative estimate of drug-likeness (QED) is 0.0987. The molecule has 5 heterocycles. The molecule has 0 saturated heterocycles. The minimum atomic E-state index is -4.15. The summed E-state index contributed by atoms with van der Waals surface area (Å²) in [5, 5.41) is 26.5. The van der Waals surface area contributed by atoms with Crippen molar-refractivity contribution in [2.45, 2.75) is 31.8 Å². The maximum Gasteiger partial charge on any atom is 0.260 e. The third kappa shape index (κ3) is 7.43. The molecule has 0 bridgehead atoms. The van der Waals surface area contributed by atoms with Gasteiger partial charge in [0, 0.05) is 61.6 Å². The molecule has 0 atom stereocenters. The maximum absolute atomic E-state index is 12.6. The van der Waals surface area contributed by atoms with Crippen molar-refractivity contribution in [3.8, 4) is 34.5 Å². The summed E-state index contributed by atoms with van der Waals surface area (Å²) in [6.45, 7) is 3.79. The Kier molecular flexibility index (Phi) is 11.0. The standard InChI is InChI=1S/C26H14N4O4.C17H17N3O4S2/c31-23-19-3-1-17(13-21(19)25(33)27-23)29-9-5-15(6-10-29)16-7-11-30(12-8-16)18-2-4-20-22(14-18)26(34)28-24(20)32;1-3-19-15(21)14(16(22)20(4-2)17(19)25)10-13(11-18)26(23,24)12-8-6-5-7-9-12/h1-14H;5-10,21H,3-4H2,1-2H3/p+1. The first-order chi connectivity index (χ1) is 28.8. The zero-order valence-electron chi connectivity index (χ0n) is 31.8. The predicted molar refractivity (Wildman–Crippen MR) is 216 cm³/mol. The van der Waals surface area contributed by atoms with Gasteiger partial charge in [-0.15, -0.1) is 0 Å². The number of nitrogens with one attached hydrogen (secondary N) is 2. The van der Waals surface area contributed by atoms with E-state index in [4.69, 9.17) is 12.2 Å². The van der Waals surface area contributed by atoms with Gasteiger partial charge in [0.25, 0.3) is 29.2 Å². The molecule has 8 rings (SSSR count). The van der Waals surface area contributed by atoms with Gasteiger partial charge >= 0.3 is 0 Å². The molecule has 0 aliphatic carbocycles. The average Bonchev–Trinajstić information content (AvgIpc) is 3.72. The van der Waals surface area contributed by atoms with Crippen molar-refractivity contribution in [2.24, 2.45) is 0 Å². The first kappa shape index (κ1) is 40.5. The van der Waals surface area contributed by atoms with Gasteiger partial charge in [0.2, 0.25) is 21.2 Å². The Labute approximate surface area is 347 Å². The van der Waals surface area contributed by atoms with Gasteiger partial charge in [-0.3, -0.25) is 39.2 Å². The summed E-state index contributed by atoms with van der Waals surface area (Å²) in [5.74, 6) is -2.22. The summed E-state index contributed by atoms with van der Waals surface area (Å²) in [7, 11) is -4.15. The van der Waals surface area contributed by atoms with Gasteiger partial charge in [-0.2, -0.15) is 14.4 Å². The first-order valence-electron chi connectivity index (χ1n) is 18.3. The molecule has 2 N–H and O–H groups in total. The number of allylic oxidation sites excluding steroid dienone is 1. The number of hydrogen-bond donors (Lipinski definition) is 2. The Balaban J connectivity index is 0.000000189. The van der Waals surface area contributed by atoms with Crippen LogP contribution in [0.3, 0.4) is 0 Å². The molecule has 17 heteroatoms. The van der Waals surface area contributed by atoms with E-state index in [1.54, 1.807) is 62.4 Å². The van der Waals surface area contributed by atoms with Crippen molar-refractivity contribution in [1.29, 1.82) is 5.26 Å². The lowest BCUT2D eigenvalue weighted by atomic mass is 10.1.